The first kappa shape index (κ1) is 15.1. The Bertz CT molecular complexity index is 643. The highest BCUT2D eigenvalue weighted by molar-refractivity contribution is 7.13. The van der Waals surface area contributed by atoms with Gasteiger partial charge in [0.05, 0.1) is 35.0 Å². The Labute approximate surface area is 130 Å². The molecule has 2 aromatic rings. The number of anilines is 2. The average Bonchev–Trinajstić information content (AvgIpc) is 2.86. The molecule has 20 heavy (non-hydrogen) atoms. The molecule has 1 N–H and O–H groups in total. The highest BCUT2D eigenvalue weighted by Gasteiger charge is 2.12. The normalized spacial score (nSPS) is 10.4. The summed E-state index contributed by atoms with van der Waals surface area (Å²) in [4.78, 5) is 15.5. The van der Waals surface area contributed by atoms with Gasteiger partial charge in [0, 0.05) is 5.38 Å². The monoisotopic (exact) mass is 330 g/mol. The molecule has 0 unspecified atom stereocenters. The zero-order valence-electron chi connectivity index (χ0n) is 10.9. The summed E-state index contributed by atoms with van der Waals surface area (Å²) in [5.74, 6) is -0.325. The number of halogens is 2. The number of hydrogen-bond acceptors (Lipinski definition) is 5. The minimum Gasteiger partial charge on any atom is -0.469 e. The standard InChI is InChI=1S/C13H12Cl2N2O2S/c1-7-3-4-9(14)12(11(7)15)17-13-16-8(6-20-13)5-10(18)19-2/h3-4,6H,5H2,1-2H3,(H,16,17). The van der Waals surface area contributed by atoms with Crippen LogP contribution in [0.4, 0.5) is 10.8 Å². The van der Waals surface area contributed by atoms with Gasteiger partial charge in [0.2, 0.25) is 0 Å². The Kier molecular flexibility index (Phi) is 4.86. The number of hydrogen-bond donors (Lipinski definition) is 1. The maximum Gasteiger partial charge on any atom is 0.311 e. The van der Waals surface area contributed by atoms with E-state index in [1.54, 1.807) is 11.4 Å². The summed E-state index contributed by atoms with van der Waals surface area (Å²) in [5, 5.41) is 6.57. The molecule has 0 radical (unpaired) electrons. The smallest absolute Gasteiger partial charge is 0.311 e. The van der Waals surface area contributed by atoms with Crippen molar-refractivity contribution in [2.75, 3.05) is 12.4 Å². The van der Waals surface area contributed by atoms with Gasteiger partial charge in [-0.3, -0.25) is 4.79 Å². The quantitative estimate of drug-likeness (QED) is 0.853. The Balaban J connectivity index is 2.19. The summed E-state index contributed by atoms with van der Waals surface area (Å²) in [5.41, 5.74) is 2.18. The number of thiazole rings is 1. The Morgan fingerprint density at radius 3 is 2.90 bits per heavy atom. The van der Waals surface area contributed by atoms with Gasteiger partial charge in [-0.15, -0.1) is 11.3 Å². The zero-order valence-corrected chi connectivity index (χ0v) is 13.2. The summed E-state index contributed by atoms with van der Waals surface area (Å²) in [6, 6.07) is 3.62. The fourth-order valence-electron chi connectivity index (χ4n) is 1.54. The molecule has 0 spiro atoms. The number of ether oxygens (including phenoxy) is 1. The fraction of sp³-hybridized carbons (Fsp3) is 0.231. The van der Waals surface area contributed by atoms with E-state index in [2.05, 4.69) is 15.0 Å². The van der Waals surface area contributed by atoms with Crippen LogP contribution < -0.4 is 5.32 Å². The number of nitrogens with zero attached hydrogens (tertiary/aromatic N) is 1. The highest BCUT2D eigenvalue weighted by atomic mass is 35.5. The van der Waals surface area contributed by atoms with Gasteiger partial charge in [-0.05, 0) is 18.6 Å². The van der Waals surface area contributed by atoms with Gasteiger partial charge in [0.1, 0.15) is 0 Å². The van der Waals surface area contributed by atoms with Crippen molar-refractivity contribution in [2.24, 2.45) is 0 Å². The molecule has 2 rings (SSSR count). The average molecular weight is 331 g/mol. The van der Waals surface area contributed by atoms with Gasteiger partial charge in [-0.25, -0.2) is 4.98 Å². The number of esters is 1. The third-order valence-corrected chi connectivity index (χ3v) is 4.23. The predicted octanol–water partition coefficient (Wildman–Crippen LogP) is 4.22. The van der Waals surface area contributed by atoms with E-state index in [9.17, 15) is 4.79 Å². The third-order valence-electron chi connectivity index (χ3n) is 2.62. The topological polar surface area (TPSA) is 51.2 Å². The Morgan fingerprint density at radius 2 is 2.20 bits per heavy atom. The summed E-state index contributed by atoms with van der Waals surface area (Å²) in [6.45, 7) is 1.90. The van der Waals surface area contributed by atoms with Crippen LogP contribution in [0.5, 0.6) is 0 Å². The van der Waals surface area contributed by atoms with E-state index in [0.29, 0.717) is 26.6 Å². The number of aromatic nitrogens is 1. The second-order valence-electron chi connectivity index (χ2n) is 4.08. The highest BCUT2D eigenvalue weighted by Crippen LogP contribution is 2.35. The second-order valence-corrected chi connectivity index (χ2v) is 5.72. The summed E-state index contributed by atoms with van der Waals surface area (Å²) < 4.78 is 4.60. The van der Waals surface area contributed by atoms with E-state index >= 15 is 0 Å². The molecule has 4 nitrogen and oxygen atoms in total. The van der Waals surface area contributed by atoms with Crippen molar-refractivity contribution in [1.82, 2.24) is 4.98 Å². The van der Waals surface area contributed by atoms with E-state index in [1.165, 1.54) is 18.4 Å². The maximum absolute atomic E-state index is 11.2. The van der Waals surface area contributed by atoms with Crippen LogP contribution in [0.25, 0.3) is 0 Å². The summed E-state index contributed by atoms with van der Waals surface area (Å²) in [6.07, 6.45) is 0.143. The molecular formula is C13H12Cl2N2O2S. The van der Waals surface area contributed by atoms with Crippen molar-refractivity contribution in [2.45, 2.75) is 13.3 Å². The van der Waals surface area contributed by atoms with Crippen LogP contribution in [-0.4, -0.2) is 18.1 Å². The fourth-order valence-corrected chi connectivity index (χ4v) is 2.72. The van der Waals surface area contributed by atoms with Crippen molar-refractivity contribution in [3.05, 3.63) is 38.8 Å². The van der Waals surface area contributed by atoms with Crippen molar-refractivity contribution < 1.29 is 9.53 Å². The number of carbonyl (C=O) groups excluding carboxylic acids is 1. The van der Waals surface area contributed by atoms with Crippen LogP contribution in [0.2, 0.25) is 10.0 Å². The lowest BCUT2D eigenvalue weighted by Gasteiger charge is -2.09. The number of benzene rings is 1. The molecule has 0 saturated heterocycles. The summed E-state index contributed by atoms with van der Waals surface area (Å²) in [7, 11) is 1.35. The van der Waals surface area contributed by atoms with Crippen LogP contribution >= 0.6 is 34.5 Å². The molecule has 0 aliphatic heterocycles. The molecule has 0 bridgehead atoms. The molecule has 0 aliphatic rings. The molecule has 0 fully saturated rings. The van der Waals surface area contributed by atoms with Gasteiger partial charge in [0.25, 0.3) is 0 Å². The first-order valence-corrected chi connectivity index (χ1v) is 7.37. The van der Waals surface area contributed by atoms with Crippen molar-refractivity contribution >= 4 is 51.3 Å². The largest absolute Gasteiger partial charge is 0.469 e. The lowest BCUT2D eigenvalue weighted by molar-refractivity contribution is -0.139. The van der Waals surface area contributed by atoms with Crippen molar-refractivity contribution in [3.8, 4) is 0 Å². The number of nitrogens with one attached hydrogen (secondary N) is 1. The first-order chi connectivity index (χ1) is 9.51. The van der Waals surface area contributed by atoms with Crippen LogP contribution in [-0.2, 0) is 16.0 Å². The van der Waals surface area contributed by atoms with Crippen LogP contribution in [0.15, 0.2) is 17.5 Å². The van der Waals surface area contributed by atoms with Gasteiger partial charge in [-0.2, -0.15) is 0 Å². The zero-order chi connectivity index (χ0) is 14.7. The minimum absolute atomic E-state index is 0.143. The molecule has 0 atom stereocenters. The maximum atomic E-state index is 11.2. The van der Waals surface area contributed by atoms with Crippen LogP contribution in [0, 0.1) is 6.92 Å². The van der Waals surface area contributed by atoms with Gasteiger partial charge in [0.15, 0.2) is 5.13 Å². The lowest BCUT2D eigenvalue weighted by atomic mass is 10.2. The third kappa shape index (κ3) is 3.42. The van der Waals surface area contributed by atoms with E-state index in [0.717, 1.165) is 5.56 Å². The molecule has 1 aromatic heterocycles. The SMILES string of the molecule is COC(=O)Cc1csc(Nc2c(Cl)ccc(C)c2Cl)n1. The Morgan fingerprint density at radius 1 is 1.45 bits per heavy atom. The van der Waals surface area contributed by atoms with Gasteiger partial charge < -0.3 is 10.1 Å². The number of rotatable bonds is 4. The van der Waals surface area contributed by atoms with E-state index in [4.69, 9.17) is 23.2 Å². The molecule has 0 saturated carbocycles. The molecule has 0 amide bonds. The number of carbonyl (C=O) groups is 1. The number of methoxy groups -OCH3 is 1. The first-order valence-electron chi connectivity index (χ1n) is 5.74. The predicted molar refractivity (Wildman–Crippen MR) is 82.3 cm³/mol. The molecule has 1 aromatic carbocycles. The second kappa shape index (κ2) is 6.43. The molecular weight excluding hydrogens is 319 g/mol. The molecule has 1 heterocycles. The minimum atomic E-state index is -0.325. The molecule has 106 valence electrons. The van der Waals surface area contributed by atoms with E-state index in [1.807, 2.05) is 13.0 Å². The molecule has 7 heteroatoms. The van der Waals surface area contributed by atoms with E-state index in [-0.39, 0.29) is 12.4 Å². The van der Waals surface area contributed by atoms with Crippen molar-refractivity contribution in [1.29, 1.82) is 0 Å². The van der Waals surface area contributed by atoms with E-state index < -0.39 is 0 Å². The molecule has 0 aliphatic carbocycles. The number of aryl methyl sites for hydroxylation is 1. The Hall–Kier alpha value is -1.30. The van der Waals surface area contributed by atoms with Crippen LogP contribution in [0.1, 0.15) is 11.3 Å². The van der Waals surface area contributed by atoms with Gasteiger partial charge >= 0.3 is 5.97 Å². The van der Waals surface area contributed by atoms with Crippen molar-refractivity contribution in [3.63, 3.8) is 0 Å². The van der Waals surface area contributed by atoms with Crippen LogP contribution in [0.3, 0.4) is 0 Å². The summed E-state index contributed by atoms with van der Waals surface area (Å²) >= 11 is 13.7. The van der Waals surface area contributed by atoms with Gasteiger partial charge in [-0.1, -0.05) is 29.3 Å². The lowest BCUT2D eigenvalue weighted by Crippen LogP contribution is -2.04.